The van der Waals surface area contributed by atoms with E-state index in [0.717, 1.165) is 16.4 Å². The number of methoxy groups -OCH3 is 1. The lowest BCUT2D eigenvalue weighted by Crippen LogP contribution is -2.06. The molecule has 2 heterocycles. The summed E-state index contributed by atoms with van der Waals surface area (Å²) >= 11 is 1.57. The minimum atomic E-state index is -0.470. The molecule has 0 saturated heterocycles. The number of carbonyl (C=O) groups excluding carboxylic acids is 1. The summed E-state index contributed by atoms with van der Waals surface area (Å²) in [5, 5.41) is 17.3. The van der Waals surface area contributed by atoms with Crippen molar-refractivity contribution in [3.8, 4) is 0 Å². The molecule has 0 saturated carbocycles. The Labute approximate surface area is 235 Å². The standard InChI is InChI=1S/C30H27N5O4S/c1-39-29(36)27-12-5-3-8-23(27)20-40-30-33-24(15-16-31-28-14-13-25(17-32-28)35(37)38)19-34(30)18-22-10-6-9-21-7-2-4-11-26(21)22/h2-14,17,19H,15-16,18,20H2,1H3,(H,31,32). The van der Waals surface area contributed by atoms with Crippen LogP contribution in [0.5, 0.6) is 0 Å². The lowest BCUT2D eigenvalue weighted by atomic mass is 10.0. The Morgan fingerprint density at radius 1 is 1.02 bits per heavy atom. The van der Waals surface area contributed by atoms with Crippen LogP contribution in [-0.4, -0.2) is 39.1 Å². The molecule has 0 radical (unpaired) electrons. The highest BCUT2D eigenvalue weighted by atomic mass is 32.2. The van der Waals surface area contributed by atoms with Gasteiger partial charge in [0.1, 0.15) is 12.0 Å². The number of fused-ring (bicyclic) bond motifs is 1. The molecule has 10 heteroatoms. The Kier molecular flexibility index (Phi) is 8.36. The number of carbonyl (C=O) groups is 1. The van der Waals surface area contributed by atoms with Crippen molar-refractivity contribution < 1.29 is 14.5 Å². The number of aromatic nitrogens is 3. The van der Waals surface area contributed by atoms with Gasteiger partial charge in [-0.05, 0) is 34.0 Å². The predicted octanol–water partition coefficient (Wildman–Crippen LogP) is 6.12. The number of nitrogens with zero attached hydrogens (tertiary/aromatic N) is 4. The maximum atomic E-state index is 12.3. The second-order valence-electron chi connectivity index (χ2n) is 9.05. The summed E-state index contributed by atoms with van der Waals surface area (Å²) in [6, 6.07) is 25.1. The minimum Gasteiger partial charge on any atom is -0.465 e. The maximum Gasteiger partial charge on any atom is 0.338 e. The molecule has 2 aromatic heterocycles. The average molecular weight is 554 g/mol. The molecule has 9 nitrogen and oxygen atoms in total. The first kappa shape index (κ1) is 26.9. The van der Waals surface area contributed by atoms with Gasteiger partial charge in [-0.1, -0.05) is 72.4 Å². The number of nitrogens with one attached hydrogen (secondary N) is 1. The fraction of sp³-hybridized carbons (Fsp3) is 0.167. The van der Waals surface area contributed by atoms with Crippen molar-refractivity contribution in [2.45, 2.75) is 23.9 Å². The topological polar surface area (TPSA) is 112 Å². The van der Waals surface area contributed by atoms with Crippen LogP contribution < -0.4 is 5.32 Å². The summed E-state index contributed by atoms with van der Waals surface area (Å²) < 4.78 is 7.11. The van der Waals surface area contributed by atoms with Gasteiger partial charge in [0, 0.05) is 31.0 Å². The number of benzene rings is 3. The average Bonchev–Trinajstić information content (AvgIpc) is 3.37. The van der Waals surface area contributed by atoms with Gasteiger partial charge in [-0.3, -0.25) is 10.1 Å². The van der Waals surface area contributed by atoms with Crippen molar-refractivity contribution in [2.24, 2.45) is 0 Å². The van der Waals surface area contributed by atoms with Gasteiger partial charge in [0.25, 0.3) is 5.69 Å². The summed E-state index contributed by atoms with van der Waals surface area (Å²) in [5.41, 5.74) is 3.47. The first-order valence-corrected chi connectivity index (χ1v) is 13.7. The van der Waals surface area contributed by atoms with Gasteiger partial charge in [-0.25, -0.2) is 14.8 Å². The van der Waals surface area contributed by atoms with Crippen LogP contribution in [0, 0.1) is 10.1 Å². The molecule has 0 unspecified atom stereocenters. The lowest BCUT2D eigenvalue weighted by molar-refractivity contribution is -0.385. The zero-order valence-electron chi connectivity index (χ0n) is 21.8. The van der Waals surface area contributed by atoms with Gasteiger partial charge in [-0.15, -0.1) is 0 Å². The summed E-state index contributed by atoms with van der Waals surface area (Å²) in [6.07, 6.45) is 3.93. The number of thioether (sulfide) groups is 1. The van der Waals surface area contributed by atoms with Gasteiger partial charge in [0.2, 0.25) is 0 Å². The van der Waals surface area contributed by atoms with E-state index in [-0.39, 0.29) is 11.7 Å². The molecular formula is C30H27N5O4S. The number of imidazole rings is 1. The number of hydrogen-bond acceptors (Lipinski definition) is 8. The summed E-state index contributed by atoms with van der Waals surface area (Å²) in [5.74, 6) is 0.763. The molecule has 1 N–H and O–H groups in total. The van der Waals surface area contributed by atoms with Crippen molar-refractivity contribution in [2.75, 3.05) is 19.0 Å². The van der Waals surface area contributed by atoms with Crippen molar-refractivity contribution in [3.63, 3.8) is 0 Å². The summed E-state index contributed by atoms with van der Waals surface area (Å²) in [6.45, 7) is 1.21. The van der Waals surface area contributed by atoms with Crippen LogP contribution in [0.1, 0.15) is 27.2 Å². The molecule has 0 amide bonds. The quantitative estimate of drug-likeness (QED) is 0.0901. The molecule has 202 valence electrons. The minimum absolute atomic E-state index is 0.0480. The molecule has 0 aliphatic rings. The largest absolute Gasteiger partial charge is 0.465 e. The van der Waals surface area contributed by atoms with E-state index in [4.69, 9.17) is 9.72 Å². The van der Waals surface area contributed by atoms with E-state index in [9.17, 15) is 14.9 Å². The van der Waals surface area contributed by atoms with E-state index in [1.54, 1.807) is 23.9 Å². The Balaban J connectivity index is 1.36. The van der Waals surface area contributed by atoms with Crippen LogP contribution in [-0.2, 0) is 23.5 Å². The monoisotopic (exact) mass is 553 g/mol. The number of pyridine rings is 1. The molecule has 40 heavy (non-hydrogen) atoms. The highest BCUT2D eigenvalue weighted by molar-refractivity contribution is 7.98. The van der Waals surface area contributed by atoms with Gasteiger partial charge in [0.05, 0.1) is 29.8 Å². The third kappa shape index (κ3) is 6.29. The normalized spacial score (nSPS) is 10.9. The Hall–Kier alpha value is -4.70. The van der Waals surface area contributed by atoms with Crippen LogP contribution in [0.15, 0.2) is 96.4 Å². The third-order valence-electron chi connectivity index (χ3n) is 6.44. The number of esters is 1. The smallest absolute Gasteiger partial charge is 0.338 e. The van der Waals surface area contributed by atoms with E-state index in [1.807, 2.05) is 30.3 Å². The summed E-state index contributed by atoms with van der Waals surface area (Å²) in [7, 11) is 1.38. The predicted molar refractivity (Wildman–Crippen MR) is 156 cm³/mol. The molecule has 0 spiro atoms. The third-order valence-corrected chi connectivity index (χ3v) is 7.48. The van der Waals surface area contributed by atoms with Crippen LogP contribution in [0.25, 0.3) is 10.8 Å². The molecule has 0 bridgehead atoms. The van der Waals surface area contributed by atoms with Crippen molar-refractivity contribution >= 4 is 40.0 Å². The highest BCUT2D eigenvalue weighted by Crippen LogP contribution is 2.27. The van der Waals surface area contributed by atoms with E-state index in [0.29, 0.717) is 36.6 Å². The second-order valence-corrected chi connectivity index (χ2v) is 10.00. The van der Waals surface area contributed by atoms with E-state index in [1.165, 1.54) is 35.7 Å². The lowest BCUT2D eigenvalue weighted by Gasteiger charge is -2.11. The van der Waals surface area contributed by atoms with Crippen LogP contribution in [0.4, 0.5) is 11.5 Å². The van der Waals surface area contributed by atoms with Crippen LogP contribution >= 0.6 is 11.8 Å². The first-order valence-electron chi connectivity index (χ1n) is 12.7. The van der Waals surface area contributed by atoms with Gasteiger partial charge in [-0.2, -0.15) is 0 Å². The molecule has 0 aliphatic heterocycles. The fourth-order valence-corrected chi connectivity index (χ4v) is 5.43. The van der Waals surface area contributed by atoms with E-state index in [2.05, 4.69) is 51.4 Å². The number of rotatable bonds is 11. The van der Waals surface area contributed by atoms with E-state index >= 15 is 0 Å². The zero-order chi connectivity index (χ0) is 27.9. The molecule has 5 rings (SSSR count). The fourth-order valence-electron chi connectivity index (χ4n) is 4.43. The molecule has 3 aromatic carbocycles. The first-order chi connectivity index (χ1) is 19.5. The van der Waals surface area contributed by atoms with Gasteiger partial charge in [0.15, 0.2) is 5.16 Å². The Morgan fingerprint density at radius 2 is 1.80 bits per heavy atom. The molecule has 0 atom stereocenters. The van der Waals surface area contributed by atoms with Crippen LogP contribution in [0.3, 0.4) is 0 Å². The molecule has 0 aliphatic carbocycles. The van der Waals surface area contributed by atoms with Gasteiger partial charge < -0.3 is 14.6 Å². The Bertz CT molecular complexity index is 1650. The number of hydrogen-bond donors (Lipinski definition) is 1. The molecular weight excluding hydrogens is 526 g/mol. The second kappa shape index (κ2) is 12.4. The Morgan fingerprint density at radius 3 is 2.60 bits per heavy atom. The molecule has 5 aromatic rings. The van der Waals surface area contributed by atoms with Crippen molar-refractivity contribution in [1.29, 1.82) is 0 Å². The van der Waals surface area contributed by atoms with Crippen molar-refractivity contribution in [1.82, 2.24) is 14.5 Å². The summed E-state index contributed by atoms with van der Waals surface area (Å²) in [4.78, 5) is 31.7. The maximum absolute atomic E-state index is 12.3. The number of nitro groups is 1. The highest BCUT2D eigenvalue weighted by Gasteiger charge is 2.15. The number of ether oxygens (including phenoxy) is 1. The zero-order valence-corrected chi connectivity index (χ0v) is 22.6. The van der Waals surface area contributed by atoms with Crippen molar-refractivity contribution in [3.05, 3.63) is 124 Å². The SMILES string of the molecule is COC(=O)c1ccccc1CSc1nc(CCNc2ccc([N+](=O)[O-])cn2)cn1Cc1cccc2ccccc12. The van der Waals surface area contributed by atoms with E-state index < -0.39 is 4.92 Å². The molecule has 0 fully saturated rings. The van der Waals surface area contributed by atoms with Gasteiger partial charge >= 0.3 is 5.97 Å². The number of anilines is 1. The van der Waals surface area contributed by atoms with Crippen LogP contribution in [0.2, 0.25) is 0 Å².